The van der Waals surface area contributed by atoms with E-state index in [1.54, 1.807) is 0 Å². The van der Waals surface area contributed by atoms with Crippen LogP contribution in [0.2, 0.25) is 0 Å². The molecule has 0 atom stereocenters. The molecule has 514 valence electrons. The second-order valence-corrected chi connectivity index (χ2v) is 28.3. The van der Waals surface area contributed by atoms with E-state index >= 15 is 0 Å². The van der Waals surface area contributed by atoms with Gasteiger partial charge in [-0.15, -0.1) is 0 Å². The molecular weight excluding hydrogens is 1330 g/mol. The zero-order valence-corrected chi connectivity index (χ0v) is 60.0. The van der Waals surface area contributed by atoms with Gasteiger partial charge in [-0.25, -0.2) is 0 Å². The van der Waals surface area contributed by atoms with Crippen molar-refractivity contribution in [2.24, 2.45) is 0 Å². The summed E-state index contributed by atoms with van der Waals surface area (Å²) in [7, 11) is 0. The van der Waals surface area contributed by atoms with Crippen molar-refractivity contribution in [1.82, 2.24) is 9.97 Å². The maximum absolute atomic E-state index is 5.09. The van der Waals surface area contributed by atoms with Crippen LogP contribution in [0.25, 0.3) is 44.8 Å². The van der Waals surface area contributed by atoms with Crippen LogP contribution in [-0.2, 0) is 0 Å². The van der Waals surface area contributed by atoms with Crippen molar-refractivity contribution >= 4 is 149 Å². The summed E-state index contributed by atoms with van der Waals surface area (Å²) in [6, 6.07) is 147. The highest BCUT2D eigenvalue weighted by Gasteiger charge is 2.49. The molecule has 15 aromatic carbocycles. The molecule has 4 aliphatic heterocycles. The fourth-order valence-corrected chi connectivity index (χ4v) is 17.7. The molecule has 4 aliphatic rings. The number of para-hydroxylation sites is 10. The Labute approximate surface area is 641 Å². The third kappa shape index (κ3) is 10.5. The number of hydrogen-bond donors (Lipinski definition) is 0. The summed E-state index contributed by atoms with van der Waals surface area (Å²) in [4.78, 5) is 25.3. The number of benzene rings is 15. The van der Waals surface area contributed by atoms with Gasteiger partial charge in [-0.05, 0) is 183 Å². The maximum atomic E-state index is 5.09. The normalized spacial score (nSPS) is 12.6. The van der Waals surface area contributed by atoms with Crippen LogP contribution in [-0.4, -0.2) is 23.4 Å². The lowest BCUT2D eigenvalue weighted by atomic mass is 9.30. The van der Waals surface area contributed by atoms with E-state index in [-0.39, 0.29) is 13.4 Å². The number of nitrogens with zero attached hydrogens (tertiary/aromatic N) is 8. The van der Waals surface area contributed by atoms with Gasteiger partial charge in [0.15, 0.2) is 0 Å². The minimum Gasteiger partial charge on any atom is -0.311 e. The van der Waals surface area contributed by atoms with E-state index in [1.807, 2.05) is 24.5 Å². The van der Waals surface area contributed by atoms with Gasteiger partial charge in [-0.1, -0.05) is 261 Å². The van der Waals surface area contributed by atoms with Crippen LogP contribution < -0.4 is 62.2 Å². The molecule has 21 rings (SSSR count). The predicted octanol–water partition coefficient (Wildman–Crippen LogP) is 22.2. The highest BCUT2D eigenvalue weighted by molar-refractivity contribution is 7.03. The summed E-state index contributed by atoms with van der Waals surface area (Å²) in [6.07, 6.45) is 3.79. The number of aromatic nitrogens is 2. The largest absolute Gasteiger partial charge is 0.311 e. The minimum atomic E-state index is -0.277. The van der Waals surface area contributed by atoms with Crippen LogP contribution in [0.15, 0.2) is 413 Å². The molecule has 0 radical (unpaired) electrons. The van der Waals surface area contributed by atoms with Crippen LogP contribution >= 0.6 is 0 Å². The molecule has 0 amide bonds. The summed E-state index contributed by atoms with van der Waals surface area (Å²) in [6.45, 7) is -0.541. The monoisotopic (exact) mass is 1400 g/mol. The van der Waals surface area contributed by atoms with Gasteiger partial charge >= 0.3 is 0 Å². The van der Waals surface area contributed by atoms with E-state index in [1.165, 1.54) is 32.8 Å². The van der Waals surface area contributed by atoms with Crippen LogP contribution in [0.4, 0.5) is 102 Å². The quantitative estimate of drug-likeness (QED) is 0.0998. The first-order valence-corrected chi connectivity index (χ1v) is 37.7. The first kappa shape index (κ1) is 64.0. The summed E-state index contributed by atoms with van der Waals surface area (Å²) in [5.74, 6) is 0. The molecule has 0 fully saturated rings. The van der Waals surface area contributed by atoms with Gasteiger partial charge in [-0.2, -0.15) is 0 Å². The first-order valence-electron chi connectivity index (χ1n) is 37.7. The van der Waals surface area contributed by atoms with Gasteiger partial charge < -0.3 is 29.4 Å². The second kappa shape index (κ2) is 26.8. The zero-order chi connectivity index (χ0) is 72.6. The maximum Gasteiger partial charge on any atom is 0.252 e. The number of rotatable bonds is 14. The molecule has 0 saturated carbocycles. The molecule has 10 heteroatoms. The third-order valence-corrected chi connectivity index (χ3v) is 22.2. The second-order valence-electron chi connectivity index (χ2n) is 28.3. The Morgan fingerprint density at radius 1 is 0.209 bits per heavy atom. The minimum absolute atomic E-state index is 0.264. The number of hydrogen-bond acceptors (Lipinski definition) is 8. The molecule has 0 bridgehead atoms. The Balaban J connectivity index is 0.884. The predicted molar refractivity (Wildman–Crippen MR) is 461 cm³/mol. The lowest BCUT2D eigenvalue weighted by molar-refractivity contribution is 1.21. The van der Waals surface area contributed by atoms with Crippen LogP contribution in [0.5, 0.6) is 0 Å². The van der Waals surface area contributed by atoms with Gasteiger partial charge in [0.1, 0.15) is 0 Å². The highest BCUT2D eigenvalue weighted by atomic mass is 15.2. The average molecular weight is 1400 g/mol. The lowest BCUT2D eigenvalue weighted by Crippen LogP contribution is -2.65. The van der Waals surface area contributed by atoms with Gasteiger partial charge in [0.05, 0.1) is 45.5 Å². The van der Waals surface area contributed by atoms with Crippen LogP contribution in [0.3, 0.4) is 0 Å². The van der Waals surface area contributed by atoms with E-state index in [4.69, 9.17) is 9.97 Å². The molecule has 8 nitrogen and oxygen atoms in total. The van der Waals surface area contributed by atoms with Gasteiger partial charge in [0, 0.05) is 103 Å². The van der Waals surface area contributed by atoms with Crippen molar-refractivity contribution in [3.63, 3.8) is 0 Å². The Morgan fingerprint density at radius 3 is 1.01 bits per heavy atom. The Bertz CT molecular complexity index is 5960. The number of pyridine rings is 2. The van der Waals surface area contributed by atoms with Gasteiger partial charge in [0.2, 0.25) is 0 Å². The van der Waals surface area contributed by atoms with Gasteiger partial charge in [0.25, 0.3) is 13.4 Å². The molecule has 17 aromatic rings. The molecule has 0 aliphatic carbocycles. The fourth-order valence-electron chi connectivity index (χ4n) is 17.7. The van der Waals surface area contributed by atoms with E-state index in [2.05, 4.69) is 418 Å². The number of fused-ring (bicyclic) bond motifs is 8. The topological polar surface area (TPSA) is 45.2 Å². The molecule has 0 N–H and O–H groups in total. The van der Waals surface area contributed by atoms with Crippen molar-refractivity contribution in [3.05, 3.63) is 413 Å². The van der Waals surface area contributed by atoms with Crippen molar-refractivity contribution in [2.75, 3.05) is 29.4 Å². The molecular formula is C100H68B2N8. The average Bonchev–Trinajstić information content (AvgIpc) is 0.681. The van der Waals surface area contributed by atoms with E-state index in [9.17, 15) is 0 Å². The van der Waals surface area contributed by atoms with Crippen LogP contribution in [0.1, 0.15) is 0 Å². The summed E-state index contributed by atoms with van der Waals surface area (Å²) in [5, 5.41) is 0. The Morgan fingerprint density at radius 2 is 0.545 bits per heavy atom. The Kier molecular flexibility index (Phi) is 15.6. The van der Waals surface area contributed by atoms with Crippen molar-refractivity contribution < 1.29 is 0 Å². The van der Waals surface area contributed by atoms with Crippen molar-refractivity contribution in [3.8, 4) is 44.8 Å². The third-order valence-electron chi connectivity index (χ3n) is 22.2. The van der Waals surface area contributed by atoms with Crippen molar-refractivity contribution in [1.29, 1.82) is 0 Å². The molecule has 0 unspecified atom stereocenters. The molecule has 110 heavy (non-hydrogen) atoms. The zero-order valence-electron chi connectivity index (χ0n) is 60.0. The summed E-state index contributed by atoms with van der Waals surface area (Å²) in [5.41, 5.74) is 34.5. The smallest absolute Gasteiger partial charge is 0.252 e. The van der Waals surface area contributed by atoms with Crippen LogP contribution in [0, 0.1) is 0 Å². The highest BCUT2D eigenvalue weighted by Crippen LogP contribution is 2.55. The summed E-state index contributed by atoms with van der Waals surface area (Å²) < 4.78 is 0. The molecule has 0 saturated heterocycles. The molecule has 6 heterocycles. The number of anilines is 18. The fraction of sp³-hybridized carbons (Fsp3) is 0. The standard InChI is InChI=1S/C100H68B2N8/c1-7-35-69(36-8-1)77-47-19-25-55-87(77)105(71-39-11-3-12-40-71)75-63-95-99-97(65-75)109(88-56-26-20-48-78(88)70-37-9-2-10-38-70)91-59-29-23-51-81(91)101(99)83-67-84-94(68-93(83)107(95)73-43-15-5-16-44-73)108(74-45-17-6-18-46-74)96-64-76(106(72-41-13-4-14-42-72)89-57-27-21-49-79(89)85-53-31-33-61-103-85)66-98-100(96)102(84)82-52-24-30-60-92(82)110(98)90-58-28-22-50-80(90)86-54-32-34-62-104-86/h1-68H. The summed E-state index contributed by atoms with van der Waals surface area (Å²) >= 11 is 0. The molecule has 0 spiro atoms. The van der Waals surface area contributed by atoms with Crippen molar-refractivity contribution in [2.45, 2.75) is 0 Å². The molecule has 2 aromatic heterocycles. The van der Waals surface area contributed by atoms with E-state index in [0.717, 1.165) is 147 Å². The first-order chi connectivity index (χ1) is 54.7. The van der Waals surface area contributed by atoms with Gasteiger partial charge in [-0.3, -0.25) is 9.97 Å². The SMILES string of the molecule is c1ccc(-c2ccccc2N(c2ccccc2)c2cc3c4c(c2)N(c2ccccc2-c2ccccc2)c2ccccc2B4c2cc4c(cc2N3c2ccccc2)N(c2ccccc2)c2cc(N(c3ccccc3)c3ccccc3-c3ccccn3)cc3c2B4c2ccccc2N3c2ccccc2-c2ccccn2)cc1. The van der Waals surface area contributed by atoms with E-state index < -0.39 is 0 Å². The Hall–Kier alpha value is -14.5. The van der Waals surface area contributed by atoms with E-state index in [0.29, 0.717) is 0 Å². The lowest BCUT2D eigenvalue weighted by Gasteiger charge is -2.48.